The van der Waals surface area contributed by atoms with Crippen LogP contribution < -0.4 is 4.74 Å². The van der Waals surface area contributed by atoms with Gasteiger partial charge in [-0.3, -0.25) is 4.90 Å². The van der Waals surface area contributed by atoms with E-state index < -0.39 is 0 Å². The molecule has 0 saturated carbocycles. The van der Waals surface area contributed by atoms with Gasteiger partial charge in [0.25, 0.3) is 0 Å². The van der Waals surface area contributed by atoms with E-state index in [2.05, 4.69) is 17.0 Å². The van der Waals surface area contributed by atoms with Crippen LogP contribution in [0.4, 0.5) is 0 Å². The Morgan fingerprint density at radius 2 is 1.89 bits per heavy atom. The zero-order valence-corrected chi connectivity index (χ0v) is 12.1. The van der Waals surface area contributed by atoms with Gasteiger partial charge in [0.05, 0.1) is 19.8 Å². The molecule has 0 aromatic heterocycles. The third-order valence-electron chi connectivity index (χ3n) is 3.12. The molecule has 0 radical (unpaired) electrons. The quantitative estimate of drug-likeness (QED) is 0.742. The van der Waals surface area contributed by atoms with Crippen molar-refractivity contribution in [1.82, 2.24) is 4.90 Å². The Morgan fingerprint density at radius 3 is 2.42 bits per heavy atom. The molecule has 1 N–H and O–H groups in total. The largest absolute Gasteiger partial charge is 0.497 e. The van der Waals surface area contributed by atoms with Crippen LogP contribution in [0.2, 0.25) is 0 Å². The van der Waals surface area contributed by atoms with Gasteiger partial charge in [-0.1, -0.05) is 19.1 Å². The van der Waals surface area contributed by atoms with Crippen molar-refractivity contribution in [1.29, 1.82) is 0 Å². The van der Waals surface area contributed by atoms with Crippen LogP contribution >= 0.6 is 0 Å². The fourth-order valence-corrected chi connectivity index (χ4v) is 1.87. The highest BCUT2D eigenvalue weighted by Gasteiger charge is 2.10. The van der Waals surface area contributed by atoms with Gasteiger partial charge in [0, 0.05) is 26.7 Å². The normalized spacial score (nSPS) is 12.7. The van der Waals surface area contributed by atoms with Crippen molar-refractivity contribution in [2.45, 2.75) is 26.0 Å². The van der Waals surface area contributed by atoms with Gasteiger partial charge >= 0.3 is 0 Å². The van der Waals surface area contributed by atoms with E-state index in [1.165, 1.54) is 5.56 Å². The summed E-state index contributed by atoms with van der Waals surface area (Å²) in [5.74, 6) is 0.862. The van der Waals surface area contributed by atoms with Crippen molar-refractivity contribution in [3.8, 4) is 5.75 Å². The molecule has 1 atom stereocenters. The summed E-state index contributed by atoms with van der Waals surface area (Å²) in [6.45, 7) is 4.97. The molecular formula is C15H25NO3. The average molecular weight is 267 g/mol. The topological polar surface area (TPSA) is 41.9 Å². The summed E-state index contributed by atoms with van der Waals surface area (Å²) < 4.78 is 10.3. The van der Waals surface area contributed by atoms with Gasteiger partial charge in [0.1, 0.15) is 5.75 Å². The van der Waals surface area contributed by atoms with Crippen LogP contribution in [0.5, 0.6) is 5.75 Å². The number of nitrogens with zero attached hydrogens (tertiary/aromatic N) is 1. The van der Waals surface area contributed by atoms with Crippen LogP contribution in [0.15, 0.2) is 24.3 Å². The molecule has 0 spiro atoms. The predicted molar refractivity (Wildman–Crippen MR) is 76.4 cm³/mol. The molecule has 0 aliphatic rings. The van der Waals surface area contributed by atoms with Crippen LogP contribution in [0.1, 0.15) is 18.9 Å². The van der Waals surface area contributed by atoms with Crippen molar-refractivity contribution in [2.24, 2.45) is 0 Å². The van der Waals surface area contributed by atoms with E-state index in [4.69, 9.17) is 9.47 Å². The number of aliphatic hydroxyl groups is 1. The molecule has 1 rings (SSSR count). The lowest BCUT2D eigenvalue weighted by atomic mass is 10.2. The van der Waals surface area contributed by atoms with Gasteiger partial charge in [-0.15, -0.1) is 0 Å². The molecule has 0 aliphatic carbocycles. The lowest BCUT2D eigenvalue weighted by Crippen LogP contribution is -2.34. The zero-order valence-electron chi connectivity index (χ0n) is 12.1. The highest BCUT2D eigenvalue weighted by atomic mass is 16.5. The van der Waals surface area contributed by atoms with Gasteiger partial charge in [-0.25, -0.2) is 0 Å². The molecule has 19 heavy (non-hydrogen) atoms. The van der Waals surface area contributed by atoms with Gasteiger partial charge in [0.2, 0.25) is 0 Å². The Hall–Kier alpha value is -1.10. The third kappa shape index (κ3) is 6.05. The molecular weight excluding hydrogens is 242 g/mol. The molecule has 1 aromatic rings. The number of ether oxygens (including phenoxy) is 2. The average Bonchev–Trinajstić information content (AvgIpc) is 2.45. The third-order valence-corrected chi connectivity index (χ3v) is 3.12. The van der Waals surface area contributed by atoms with E-state index in [9.17, 15) is 5.11 Å². The molecule has 0 amide bonds. The van der Waals surface area contributed by atoms with Crippen molar-refractivity contribution >= 4 is 0 Å². The standard InChI is InChI=1S/C15H25NO3/c1-4-14(17)12-16(9-10-18-2)11-13-5-7-15(19-3)8-6-13/h5-8,14,17H,4,9-12H2,1-3H3/t14-/m1/s1. The summed E-state index contributed by atoms with van der Waals surface area (Å²) in [6.07, 6.45) is 0.488. The van der Waals surface area contributed by atoms with E-state index in [0.29, 0.717) is 13.2 Å². The fraction of sp³-hybridized carbons (Fsp3) is 0.600. The summed E-state index contributed by atoms with van der Waals surface area (Å²) in [4.78, 5) is 2.21. The second-order valence-electron chi connectivity index (χ2n) is 4.64. The maximum Gasteiger partial charge on any atom is 0.118 e. The highest BCUT2D eigenvalue weighted by molar-refractivity contribution is 5.27. The highest BCUT2D eigenvalue weighted by Crippen LogP contribution is 2.13. The number of methoxy groups -OCH3 is 2. The maximum atomic E-state index is 9.79. The van der Waals surface area contributed by atoms with Gasteiger partial charge in [-0.2, -0.15) is 0 Å². The van der Waals surface area contributed by atoms with E-state index >= 15 is 0 Å². The van der Waals surface area contributed by atoms with Gasteiger partial charge < -0.3 is 14.6 Å². The summed E-state index contributed by atoms with van der Waals surface area (Å²) in [7, 11) is 3.36. The SMILES string of the molecule is CC[C@@H](O)CN(CCOC)Cc1ccc(OC)cc1. The summed E-state index contributed by atoms with van der Waals surface area (Å²) in [6, 6.07) is 8.02. The Bertz CT molecular complexity index is 340. The minimum absolute atomic E-state index is 0.282. The lowest BCUT2D eigenvalue weighted by Gasteiger charge is -2.24. The summed E-state index contributed by atoms with van der Waals surface area (Å²) in [5, 5.41) is 9.79. The van der Waals surface area contributed by atoms with Crippen LogP contribution in [-0.4, -0.2) is 50.0 Å². The summed E-state index contributed by atoms with van der Waals surface area (Å²) in [5.41, 5.74) is 1.21. The van der Waals surface area contributed by atoms with Gasteiger partial charge in [0.15, 0.2) is 0 Å². The van der Waals surface area contributed by atoms with Crippen LogP contribution in [-0.2, 0) is 11.3 Å². The first kappa shape index (κ1) is 16.0. The first-order valence-corrected chi connectivity index (χ1v) is 6.71. The minimum Gasteiger partial charge on any atom is -0.497 e. The monoisotopic (exact) mass is 267 g/mol. The first-order valence-electron chi connectivity index (χ1n) is 6.71. The van der Waals surface area contributed by atoms with Crippen molar-refractivity contribution in [3.05, 3.63) is 29.8 Å². The maximum absolute atomic E-state index is 9.79. The number of rotatable bonds is 9. The Morgan fingerprint density at radius 1 is 1.21 bits per heavy atom. The van der Waals surface area contributed by atoms with Crippen molar-refractivity contribution < 1.29 is 14.6 Å². The smallest absolute Gasteiger partial charge is 0.118 e. The molecule has 1 aromatic carbocycles. The molecule has 0 saturated heterocycles. The fourth-order valence-electron chi connectivity index (χ4n) is 1.87. The second kappa shape index (κ2) is 8.91. The first-order chi connectivity index (χ1) is 9.19. The Kier molecular flexibility index (Phi) is 7.48. The summed E-state index contributed by atoms with van der Waals surface area (Å²) >= 11 is 0. The molecule has 4 heteroatoms. The second-order valence-corrected chi connectivity index (χ2v) is 4.64. The number of hydrogen-bond acceptors (Lipinski definition) is 4. The predicted octanol–water partition coefficient (Wildman–Crippen LogP) is 1.91. The molecule has 0 unspecified atom stereocenters. The lowest BCUT2D eigenvalue weighted by molar-refractivity contribution is 0.0830. The van der Waals surface area contributed by atoms with Crippen LogP contribution in [0.3, 0.4) is 0 Å². The molecule has 0 fully saturated rings. The van der Waals surface area contributed by atoms with Crippen LogP contribution in [0.25, 0.3) is 0 Å². The Balaban J connectivity index is 2.58. The minimum atomic E-state index is -0.282. The van der Waals surface area contributed by atoms with E-state index in [0.717, 1.165) is 25.3 Å². The Labute approximate surface area is 115 Å². The van der Waals surface area contributed by atoms with Crippen molar-refractivity contribution in [2.75, 3.05) is 33.9 Å². The molecule has 0 aliphatic heterocycles. The molecule has 0 heterocycles. The van der Waals surface area contributed by atoms with Crippen molar-refractivity contribution in [3.63, 3.8) is 0 Å². The number of aliphatic hydroxyl groups excluding tert-OH is 1. The molecule has 4 nitrogen and oxygen atoms in total. The number of hydrogen-bond donors (Lipinski definition) is 1. The zero-order chi connectivity index (χ0) is 14.1. The van der Waals surface area contributed by atoms with Crippen LogP contribution in [0, 0.1) is 0 Å². The van der Waals surface area contributed by atoms with E-state index in [-0.39, 0.29) is 6.10 Å². The van der Waals surface area contributed by atoms with Gasteiger partial charge in [-0.05, 0) is 24.1 Å². The molecule has 0 bridgehead atoms. The molecule has 108 valence electrons. The van der Waals surface area contributed by atoms with E-state index in [1.807, 2.05) is 19.1 Å². The number of benzene rings is 1. The van der Waals surface area contributed by atoms with E-state index in [1.54, 1.807) is 14.2 Å².